The van der Waals surface area contributed by atoms with Gasteiger partial charge in [0.2, 0.25) is 0 Å². The first-order chi connectivity index (χ1) is 17.3. The average Bonchev–Trinajstić information content (AvgIpc) is 3.29. The van der Waals surface area contributed by atoms with Crippen molar-refractivity contribution < 1.29 is 11.0 Å². The second kappa shape index (κ2) is 8.64. The Kier molecular flexibility index (Phi) is 5.39. The first-order valence-corrected chi connectivity index (χ1v) is 12.7. The number of pyridine rings is 1. The summed E-state index contributed by atoms with van der Waals surface area (Å²) in [6.07, 6.45) is 1.99. The SMILES string of the molecule is O.O.c1ccc2ncc(-c3ccc4c(c3)c3ccccc3c3cc5c(cc43)sc3ccccc35)cc2c1. The summed E-state index contributed by atoms with van der Waals surface area (Å²) >= 11 is 1.88. The molecule has 2 aromatic heterocycles. The fourth-order valence-electron chi connectivity index (χ4n) is 5.58. The molecule has 4 N–H and O–H groups in total. The first kappa shape index (κ1) is 23.1. The fourth-order valence-corrected chi connectivity index (χ4v) is 6.71. The Hall–Kier alpha value is -4.35. The van der Waals surface area contributed by atoms with E-state index in [9.17, 15) is 0 Å². The minimum absolute atomic E-state index is 0. The van der Waals surface area contributed by atoms with Gasteiger partial charge < -0.3 is 11.0 Å². The zero-order valence-electron chi connectivity index (χ0n) is 19.8. The van der Waals surface area contributed by atoms with Crippen molar-refractivity contribution >= 4 is 74.7 Å². The summed E-state index contributed by atoms with van der Waals surface area (Å²) in [4.78, 5) is 4.71. The Morgan fingerprint density at radius 1 is 0.432 bits per heavy atom. The van der Waals surface area contributed by atoms with Crippen molar-refractivity contribution in [3.63, 3.8) is 0 Å². The monoisotopic (exact) mass is 497 g/mol. The van der Waals surface area contributed by atoms with Gasteiger partial charge in [-0.05, 0) is 74.3 Å². The van der Waals surface area contributed by atoms with E-state index in [0.717, 1.165) is 11.1 Å². The summed E-state index contributed by atoms with van der Waals surface area (Å²) in [5, 5.41) is 11.7. The maximum atomic E-state index is 4.71. The molecule has 0 fully saturated rings. The van der Waals surface area contributed by atoms with Crippen molar-refractivity contribution in [2.45, 2.75) is 0 Å². The molecule has 0 atom stereocenters. The second-order valence-electron chi connectivity index (χ2n) is 9.21. The Morgan fingerprint density at radius 2 is 1.08 bits per heavy atom. The van der Waals surface area contributed by atoms with E-state index >= 15 is 0 Å². The van der Waals surface area contributed by atoms with Gasteiger partial charge in [0.15, 0.2) is 0 Å². The van der Waals surface area contributed by atoms with Gasteiger partial charge in [0.1, 0.15) is 0 Å². The zero-order chi connectivity index (χ0) is 22.9. The standard InChI is InChI=1S/C33H19NS.2H2O/c1-5-11-31-21(7-1)15-22(19-34-31)20-13-14-25-27(16-20)23-8-2-3-9-24(23)28-17-30-26-10-4-6-12-32(26)35-33(30)18-29(25)28;;/h1-19H;2*1H2. The predicted molar refractivity (Wildman–Crippen MR) is 160 cm³/mol. The minimum atomic E-state index is 0. The maximum Gasteiger partial charge on any atom is 0.0702 e. The summed E-state index contributed by atoms with van der Waals surface area (Å²) in [5.74, 6) is 0. The highest BCUT2D eigenvalue weighted by Crippen LogP contribution is 2.42. The zero-order valence-corrected chi connectivity index (χ0v) is 20.6. The van der Waals surface area contributed by atoms with E-state index < -0.39 is 0 Å². The number of aromatic nitrogens is 1. The number of hydrogen-bond donors (Lipinski definition) is 0. The van der Waals surface area contributed by atoms with Gasteiger partial charge >= 0.3 is 0 Å². The van der Waals surface area contributed by atoms with E-state index in [1.54, 1.807) is 0 Å². The van der Waals surface area contributed by atoms with Gasteiger partial charge in [-0.25, -0.2) is 0 Å². The van der Waals surface area contributed by atoms with Gasteiger partial charge in [0.05, 0.1) is 5.52 Å². The Morgan fingerprint density at radius 3 is 1.92 bits per heavy atom. The number of rotatable bonds is 1. The molecule has 8 rings (SSSR count). The first-order valence-electron chi connectivity index (χ1n) is 11.9. The maximum absolute atomic E-state index is 4.71. The lowest BCUT2D eigenvalue weighted by molar-refractivity contribution is 0.823. The highest BCUT2D eigenvalue weighted by Gasteiger charge is 2.13. The molecular weight excluding hydrogens is 474 g/mol. The van der Waals surface area contributed by atoms with Crippen LogP contribution in [0.25, 0.3) is 74.5 Å². The van der Waals surface area contributed by atoms with E-state index in [4.69, 9.17) is 4.98 Å². The molecule has 0 spiro atoms. The largest absolute Gasteiger partial charge is 0.412 e. The van der Waals surface area contributed by atoms with Crippen molar-refractivity contribution in [3.8, 4) is 11.1 Å². The summed E-state index contributed by atoms with van der Waals surface area (Å²) in [6.45, 7) is 0. The quantitative estimate of drug-likeness (QED) is 0.211. The topological polar surface area (TPSA) is 75.9 Å². The third kappa shape index (κ3) is 3.39. The molecule has 3 nitrogen and oxygen atoms in total. The van der Waals surface area contributed by atoms with Crippen molar-refractivity contribution in [1.82, 2.24) is 4.98 Å². The highest BCUT2D eigenvalue weighted by molar-refractivity contribution is 7.25. The second-order valence-corrected chi connectivity index (χ2v) is 10.3. The third-order valence-corrected chi connectivity index (χ3v) is 8.39. The fraction of sp³-hybridized carbons (Fsp3) is 0. The molecule has 2 heterocycles. The van der Waals surface area contributed by atoms with Crippen LogP contribution in [0.4, 0.5) is 0 Å². The Balaban J connectivity index is 0.00000126. The van der Waals surface area contributed by atoms with E-state index in [1.807, 2.05) is 23.6 Å². The molecule has 0 aliphatic heterocycles. The molecule has 0 aliphatic rings. The molecule has 0 radical (unpaired) electrons. The van der Waals surface area contributed by atoms with Gasteiger partial charge in [-0.2, -0.15) is 0 Å². The van der Waals surface area contributed by atoms with Gasteiger partial charge in [-0.1, -0.05) is 72.8 Å². The van der Waals surface area contributed by atoms with Crippen molar-refractivity contribution in [2.24, 2.45) is 0 Å². The number of benzene rings is 6. The molecule has 6 aromatic carbocycles. The van der Waals surface area contributed by atoms with Crippen LogP contribution in [-0.4, -0.2) is 15.9 Å². The van der Waals surface area contributed by atoms with Gasteiger partial charge in [-0.3, -0.25) is 4.98 Å². The molecule has 0 amide bonds. The van der Waals surface area contributed by atoms with Gasteiger partial charge in [0, 0.05) is 37.3 Å². The van der Waals surface area contributed by atoms with Crippen LogP contribution in [0.1, 0.15) is 0 Å². The van der Waals surface area contributed by atoms with Crippen molar-refractivity contribution in [1.29, 1.82) is 0 Å². The van der Waals surface area contributed by atoms with Crippen LogP contribution in [0.15, 0.2) is 115 Å². The van der Waals surface area contributed by atoms with E-state index in [1.165, 1.54) is 63.4 Å². The summed E-state index contributed by atoms with van der Waals surface area (Å²) in [6, 6.07) is 39.8. The molecular formula is C33H23NO2S. The molecule has 37 heavy (non-hydrogen) atoms. The molecule has 0 saturated heterocycles. The Labute approximate surface area is 216 Å². The van der Waals surface area contributed by atoms with E-state index in [2.05, 4.69) is 103 Å². The lowest BCUT2D eigenvalue weighted by Gasteiger charge is -2.13. The van der Waals surface area contributed by atoms with Crippen LogP contribution in [0, 0.1) is 0 Å². The van der Waals surface area contributed by atoms with Crippen molar-refractivity contribution in [3.05, 3.63) is 115 Å². The molecule has 0 saturated carbocycles. The van der Waals surface area contributed by atoms with Crippen LogP contribution in [-0.2, 0) is 0 Å². The number of hydrogen-bond acceptors (Lipinski definition) is 2. The van der Waals surface area contributed by atoms with Gasteiger partial charge in [-0.15, -0.1) is 11.3 Å². The van der Waals surface area contributed by atoms with Gasteiger partial charge in [0.25, 0.3) is 0 Å². The molecule has 0 aliphatic carbocycles. The van der Waals surface area contributed by atoms with Crippen LogP contribution in [0.2, 0.25) is 0 Å². The average molecular weight is 498 g/mol. The molecule has 4 heteroatoms. The van der Waals surface area contributed by atoms with Crippen molar-refractivity contribution in [2.75, 3.05) is 0 Å². The number of thiophene rings is 1. The smallest absolute Gasteiger partial charge is 0.0702 e. The normalized spacial score (nSPS) is 11.4. The minimum Gasteiger partial charge on any atom is -0.412 e. The Bertz CT molecular complexity index is 2130. The highest BCUT2D eigenvalue weighted by atomic mass is 32.1. The molecule has 0 unspecified atom stereocenters. The summed E-state index contributed by atoms with van der Waals surface area (Å²) in [7, 11) is 0. The summed E-state index contributed by atoms with van der Waals surface area (Å²) < 4.78 is 2.69. The lowest BCUT2D eigenvalue weighted by Crippen LogP contribution is -1.86. The van der Waals surface area contributed by atoms with E-state index in [0.29, 0.717) is 0 Å². The molecule has 8 aromatic rings. The van der Waals surface area contributed by atoms with Crippen LogP contribution < -0.4 is 0 Å². The molecule has 0 bridgehead atoms. The third-order valence-electron chi connectivity index (χ3n) is 7.26. The van der Waals surface area contributed by atoms with Crippen LogP contribution >= 0.6 is 11.3 Å². The predicted octanol–water partition coefficient (Wildman–Crippen LogP) is 8.08. The lowest BCUT2D eigenvalue weighted by atomic mass is 9.91. The number of nitrogens with zero attached hydrogens (tertiary/aromatic N) is 1. The van der Waals surface area contributed by atoms with Crippen LogP contribution in [0.3, 0.4) is 0 Å². The summed E-state index contributed by atoms with van der Waals surface area (Å²) in [5.41, 5.74) is 3.37. The molecule has 178 valence electrons. The number of fused-ring (bicyclic) bond motifs is 10. The van der Waals surface area contributed by atoms with E-state index in [-0.39, 0.29) is 11.0 Å². The van der Waals surface area contributed by atoms with Crippen LogP contribution in [0.5, 0.6) is 0 Å². The number of para-hydroxylation sites is 1.